The maximum absolute atomic E-state index is 11.8. The van der Waals surface area contributed by atoms with Gasteiger partial charge in [0.15, 0.2) is 0 Å². The minimum atomic E-state index is -0.826. The SMILES string of the molecule is CC(CCCC(=O)O)NC(=O)N(C)C(C)CC#N. The van der Waals surface area contributed by atoms with Crippen LogP contribution in [-0.4, -0.2) is 41.1 Å². The minimum absolute atomic E-state index is 0.0754. The van der Waals surface area contributed by atoms with Crippen LogP contribution < -0.4 is 5.32 Å². The molecule has 2 amide bonds. The van der Waals surface area contributed by atoms with Crippen LogP contribution in [0.5, 0.6) is 0 Å². The molecule has 0 radical (unpaired) electrons. The lowest BCUT2D eigenvalue weighted by Gasteiger charge is -2.25. The third kappa shape index (κ3) is 6.74. The average molecular weight is 255 g/mol. The van der Waals surface area contributed by atoms with E-state index >= 15 is 0 Å². The van der Waals surface area contributed by atoms with Gasteiger partial charge in [-0.05, 0) is 26.7 Å². The lowest BCUT2D eigenvalue weighted by Crippen LogP contribution is -2.45. The Bertz CT molecular complexity index is 325. The maximum Gasteiger partial charge on any atom is 0.317 e. The highest BCUT2D eigenvalue weighted by atomic mass is 16.4. The van der Waals surface area contributed by atoms with E-state index in [4.69, 9.17) is 10.4 Å². The smallest absolute Gasteiger partial charge is 0.317 e. The molecule has 0 fully saturated rings. The predicted molar refractivity (Wildman–Crippen MR) is 66.9 cm³/mol. The Labute approximate surface area is 108 Å². The monoisotopic (exact) mass is 255 g/mol. The van der Waals surface area contributed by atoms with E-state index in [1.54, 1.807) is 14.0 Å². The van der Waals surface area contributed by atoms with E-state index in [1.807, 2.05) is 13.0 Å². The van der Waals surface area contributed by atoms with Gasteiger partial charge in [-0.15, -0.1) is 0 Å². The molecule has 0 aromatic carbocycles. The van der Waals surface area contributed by atoms with E-state index in [0.29, 0.717) is 12.8 Å². The normalized spacial score (nSPS) is 13.2. The molecule has 0 heterocycles. The Morgan fingerprint density at radius 3 is 2.56 bits per heavy atom. The number of carboxylic acid groups (broad SMARTS) is 1. The van der Waals surface area contributed by atoms with Crippen LogP contribution in [0.2, 0.25) is 0 Å². The number of hydrogen-bond donors (Lipinski definition) is 2. The summed E-state index contributed by atoms with van der Waals surface area (Å²) in [6, 6.07) is 1.57. The van der Waals surface area contributed by atoms with Crippen LogP contribution in [0.4, 0.5) is 4.79 Å². The molecule has 102 valence electrons. The summed E-state index contributed by atoms with van der Waals surface area (Å²) in [7, 11) is 1.64. The number of nitriles is 1. The molecule has 0 spiro atoms. The largest absolute Gasteiger partial charge is 0.481 e. The fourth-order valence-electron chi connectivity index (χ4n) is 1.41. The van der Waals surface area contributed by atoms with Crippen LogP contribution in [0.25, 0.3) is 0 Å². The third-order valence-corrected chi connectivity index (χ3v) is 2.77. The van der Waals surface area contributed by atoms with Crippen molar-refractivity contribution in [2.75, 3.05) is 7.05 Å². The summed E-state index contributed by atoms with van der Waals surface area (Å²) >= 11 is 0. The van der Waals surface area contributed by atoms with Crippen LogP contribution in [0.1, 0.15) is 39.5 Å². The molecule has 6 heteroatoms. The molecule has 0 rings (SSSR count). The quantitative estimate of drug-likeness (QED) is 0.722. The number of hydrogen-bond acceptors (Lipinski definition) is 3. The Hall–Kier alpha value is -1.77. The van der Waals surface area contributed by atoms with Gasteiger partial charge in [-0.1, -0.05) is 0 Å². The van der Waals surface area contributed by atoms with E-state index in [1.165, 1.54) is 4.90 Å². The molecular weight excluding hydrogens is 234 g/mol. The molecule has 0 aromatic rings. The van der Waals surface area contributed by atoms with Gasteiger partial charge >= 0.3 is 12.0 Å². The van der Waals surface area contributed by atoms with Crippen molar-refractivity contribution in [1.82, 2.24) is 10.2 Å². The van der Waals surface area contributed by atoms with Crippen LogP contribution in [0.15, 0.2) is 0 Å². The van der Waals surface area contributed by atoms with Crippen LogP contribution in [0, 0.1) is 11.3 Å². The molecule has 0 saturated carbocycles. The summed E-state index contributed by atoms with van der Waals surface area (Å²) in [6.45, 7) is 3.64. The lowest BCUT2D eigenvalue weighted by molar-refractivity contribution is -0.137. The summed E-state index contributed by atoms with van der Waals surface area (Å²) < 4.78 is 0. The van der Waals surface area contributed by atoms with Crippen molar-refractivity contribution < 1.29 is 14.7 Å². The van der Waals surface area contributed by atoms with Gasteiger partial charge in [-0.3, -0.25) is 4.79 Å². The van der Waals surface area contributed by atoms with E-state index in [2.05, 4.69) is 5.32 Å². The van der Waals surface area contributed by atoms with Gasteiger partial charge in [-0.25, -0.2) is 4.79 Å². The third-order valence-electron chi connectivity index (χ3n) is 2.77. The van der Waals surface area contributed by atoms with Crippen molar-refractivity contribution in [3.05, 3.63) is 0 Å². The van der Waals surface area contributed by atoms with E-state index in [-0.39, 0.29) is 31.0 Å². The molecule has 0 saturated heterocycles. The highest BCUT2D eigenvalue weighted by Gasteiger charge is 2.16. The number of rotatable bonds is 7. The van der Waals surface area contributed by atoms with E-state index in [0.717, 1.165) is 0 Å². The minimum Gasteiger partial charge on any atom is -0.481 e. The van der Waals surface area contributed by atoms with E-state index in [9.17, 15) is 9.59 Å². The molecule has 0 aliphatic rings. The number of aliphatic carboxylic acids is 1. The number of carbonyl (C=O) groups is 2. The summed E-state index contributed by atoms with van der Waals surface area (Å²) in [5.74, 6) is -0.826. The Morgan fingerprint density at radius 1 is 1.44 bits per heavy atom. The van der Waals surface area contributed by atoms with Crippen molar-refractivity contribution in [2.45, 2.75) is 51.6 Å². The fraction of sp³-hybridized carbons (Fsp3) is 0.750. The molecule has 2 atom stereocenters. The molecular formula is C12H21N3O3. The number of amides is 2. The highest BCUT2D eigenvalue weighted by molar-refractivity contribution is 5.74. The second kappa shape index (κ2) is 8.34. The summed E-state index contributed by atoms with van der Waals surface area (Å²) in [4.78, 5) is 23.6. The number of carboxylic acids is 1. The zero-order valence-corrected chi connectivity index (χ0v) is 11.1. The van der Waals surface area contributed by atoms with Crippen molar-refractivity contribution in [1.29, 1.82) is 5.26 Å². The first-order valence-corrected chi connectivity index (χ1v) is 6.00. The van der Waals surface area contributed by atoms with E-state index < -0.39 is 5.97 Å². The van der Waals surface area contributed by atoms with Gasteiger partial charge in [0.05, 0.1) is 12.5 Å². The first-order valence-electron chi connectivity index (χ1n) is 6.00. The second-order valence-electron chi connectivity index (χ2n) is 4.46. The summed E-state index contributed by atoms with van der Waals surface area (Å²) in [5.41, 5.74) is 0. The Morgan fingerprint density at radius 2 is 2.06 bits per heavy atom. The van der Waals surface area contributed by atoms with Gasteiger partial charge in [-0.2, -0.15) is 5.26 Å². The Balaban J connectivity index is 3.99. The van der Waals surface area contributed by atoms with Crippen LogP contribution >= 0.6 is 0 Å². The first-order chi connectivity index (χ1) is 8.38. The van der Waals surface area contributed by atoms with Gasteiger partial charge < -0.3 is 15.3 Å². The molecule has 2 N–H and O–H groups in total. The van der Waals surface area contributed by atoms with Crippen LogP contribution in [0.3, 0.4) is 0 Å². The molecule has 0 aromatic heterocycles. The fourth-order valence-corrected chi connectivity index (χ4v) is 1.41. The number of urea groups is 1. The van der Waals surface area contributed by atoms with Crippen molar-refractivity contribution >= 4 is 12.0 Å². The molecule has 18 heavy (non-hydrogen) atoms. The number of nitrogens with zero attached hydrogens (tertiary/aromatic N) is 2. The summed E-state index contributed by atoms with van der Waals surface area (Å²) in [6.07, 6.45) is 1.56. The zero-order chi connectivity index (χ0) is 14.1. The van der Waals surface area contributed by atoms with Gasteiger partial charge in [0.25, 0.3) is 0 Å². The topological polar surface area (TPSA) is 93.4 Å². The summed E-state index contributed by atoms with van der Waals surface area (Å²) in [5, 5.41) is 19.8. The average Bonchev–Trinajstić information content (AvgIpc) is 2.27. The Kier molecular flexibility index (Phi) is 7.52. The highest BCUT2D eigenvalue weighted by Crippen LogP contribution is 2.04. The van der Waals surface area contributed by atoms with Crippen molar-refractivity contribution in [3.63, 3.8) is 0 Å². The van der Waals surface area contributed by atoms with Gasteiger partial charge in [0, 0.05) is 25.6 Å². The van der Waals surface area contributed by atoms with Crippen molar-refractivity contribution in [2.24, 2.45) is 0 Å². The number of carbonyl (C=O) groups excluding carboxylic acids is 1. The predicted octanol–water partition coefficient (Wildman–Crippen LogP) is 1.57. The standard InChI is InChI=1S/C12H21N3O3/c1-9(5-4-6-11(16)17)14-12(18)15(3)10(2)7-8-13/h9-10H,4-7H2,1-3H3,(H,14,18)(H,16,17). The molecule has 0 aliphatic heterocycles. The second-order valence-corrected chi connectivity index (χ2v) is 4.46. The molecule has 6 nitrogen and oxygen atoms in total. The first kappa shape index (κ1) is 16.2. The zero-order valence-electron chi connectivity index (χ0n) is 11.1. The van der Waals surface area contributed by atoms with Gasteiger partial charge in [0.2, 0.25) is 0 Å². The van der Waals surface area contributed by atoms with Gasteiger partial charge in [0.1, 0.15) is 0 Å². The molecule has 0 bridgehead atoms. The molecule has 2 unspecified atom stereocenters. The lowest BCUT2D eigenvalue weighted by atomic mass is 10.1. The van der Waals surface area contributed by atoms with Crippen molar-refractivity contribution in [3.8, 4) is 6.07 Å². The maximum atomic E-state index is 11.8. The van der Waals surface area contributed by atoms with Crippen LogP contribution in [-0.2, 0) is 4.79 Å². The molecule has 0 aliphatic carbocycles. The number of nitrogens with one attached hydrogen (secondary N) is 1.